The van der Waals surface area contributed by atoms with Crippen molar-refractivity contribution in [3.8, 4) is 5.75 Å². The highest BCUT2D eigenvalue weighted by atomic mass is 16.5. The molecule has 1 atom stereocenters. The Labute approximate surface area is 188 Å². The Balaban J connectivity index is 1.52. The predicted octanol–water partition coefficient (Wildman–Crippen LogP) is 1.06. The lowest BCUT2D eigenvalue weighted by molar-refractivity contribution is -0.140. The van der Waals surface area contributed by atoms with Crippen molar-refractivity contribution in [2.75, 3.05) is 53.0 Å². The number of rotatable bonds is 6. The zero-order chi connectivity index (χ0) is 22.5. The monoisotopic (exact) mass is 447 g/mol. The average Bonchev–Trinajstić information content (AvgIpc) is 3.26. The van der Waals surface area contributed by atoms with Crippen LogP contribution in [0.25, 0.3) is 0 Å². The van der Waals surface area contributed by atoms with Crippen LogP contribution in [0.1, 0.15) is 48.2 Å². The average molecular weight is 448 g/mol. The summed E-state index contributed by atoms with van der Waals surface area (Å²) in [7, 11) is 1.33. The van der Waals surface area contributed by atoms with Crippen molar-refractivity contribution < 1.29 is 23.8 Å². The molecular formula is C23H33N3O6. The van der Waals surface area contributed by atoms with Crippen LogP contribution in [-0.2, 0) is 27.2 Å². The molecule has 0 aliphatic carbocycles. The van der Waals surface area contributed by atoms with Crippen LogP contribution in [0.2, 0.25) is 0 Å². The zero-order valence-electron chi connectivity index (χ0n) is 18.8. The van der Waals surface area contributed by atoms with Gasteiger partial charge < -0.3 is 23.7 Å². The number of carbonyl (C=O) groups is 2. The zero-order valence-corrected chi connectivity index (χ0v) is 18.8. The second kappa shape index (κ2) is 10.5. The van der Waals surface area contributed by atoms with Crippen molar-refractivity contribution in [2.45, 2.75) is 51.2 Å². The minimum atomic E-state index is -0.527. The van der Waals surface area contributed by atoms with E-state index in [0.717, 1.165) is 32.5 Å². The van der Waals surface area contributed by atoms with E-state index < -0.39 is 12.1 Å². The number of aromatic nitrogens is 1. The molecule has 1 aromatic heterocycles. The summed E-state index contributed by atoms with van der Waals surface area (Å²) in [4.78, 5) is 42.5. The third-order valence-corrected chi connectivity index (χ3v) is 6.61. The molecule has 4 rings (SSSR count). The summed E-state index contributed by atoms with van der Waals surface area (Å²) in [6.07, 6.45) is 5.23. The van der Waals surface area contributed by atoms with E-state index in [-0.39, 0.29) is 22.8 Å². The lowest BCUT2D eigenvalue weighted by Crippen LogP contribution is -2.40. The fourth-order valence-electron chi connectivity index (χ4n) is 4.85. The largest absolute Gasteiger partial charge is 0.491 e. The molecule has 0 bridgehead atoms. The van der Waals surface area contributed by atoms with Gasteiger partial charge in [-0.05, 0) is 38.8 Å². The molecule has 3 aliphatic rings. The van der Waals surface area contributed by atoms with Gasteiger partial charge >= 0.3 is 5.97 Å². The molecule has 9 heteroatoms. The minimum Gasteiger partial charge on any atom is -0.491 e. The molecule has 0 saturated carbocycles. The normalized spacial score (nSPS) is 21.7. The van der Waals surface area contributed by atoms with Crippen LogP contribution in [0.4, 0.5) is 0 Å². The number of esters is 1. The molecule has 4 heterocycles. The number of amides is 1. The highest BCUT2D eigenvalue weighted by Crippen LogP contribution is 2.25. The quantitative estimate of drug-likeness (QED) is 0.603. The van der Waals surface area contributed by atoms with E-state index >= 15 is 0 Å². The standard InChI is InChI=1S/C23H33N3O6/c1-30-23(29)21-17-7-10-25(22(28)18-6-5-14-31-18)11-12-26(17)20(27)16-19(21)32-15-13-24-8-3-2-4-9-24/h16,18H,2-15H2,1H3/t18-/m1/s1. The first kappa shape index (κ1) is 22.8. The summed E-state index contributed by atoms with van der Waals surface area (Å²) in [6, 6.07) is 1.38. The maximum atomic E-state index is 12.9. The lowest BCUT2D eigenvalue weighted by Gasteiger charge is -2.26. The number of likely N-dealkylation sites (tertiary alicyclic amines) is 1. The van der Waals surface area contributed by atoms with Gasteiger partial charge in [0.05, 0.1) is 7.11 Å². The van der Waals surface area contributed by atoms with Gasteiger partial charge in [-0.25, -0.2) is 4.79 Å². The van der Waals surface area contributed by atoms with E-state index in [1.807, 2.05) is 0 Å². The molecule has 2 saturated heterocycles. The molecule has 9 nitrogen and oxygen atoms in total. The Morgan fingerprint density at radius 3 is 2.62 bits per heavy atom. The molecule has 0 aromatic carbocycles. The molecular weight excluding hydrogens is 414 g/mol. The molecule has 1 aromatic rings. The molecule has 0 radical (unpaired) electrons. The lowest BCUT2D eigenvalue weighted by atomic mass is 10.1. The van der Waals surface area contributed by atoms with E-state index in [0.29, 0.717) is 45.0 Å². The Morgan fingerprint density at radius 2 is 1.91 bits per heavy atom. The van der Waals surface area contributed by atoms with Crippen LogP contribution in [0, 0.1) is 0 Å². The SMILES string of the molecule is COC(=O)c1c(OCCN2CCCCC2)cc(=O)n2c1CCN(C(=O)[C@H]1CCCO1)CC2. The molecule has 2 fully saturated rings. The fourth-order valence-corrected chi connectivity index (χ4v) is 4.85. The molecule has 32 heavy (non-hydrogen) atoms. The number of piperidine rings is 1. The van der Waals surface area contributed by atoms with Gasteiger partial charge in [0, 0.05) is 51.0 Å². The summed E-state index contributed by atoms with van der Waals surface area (Å²) in [5.41, 5.74) is 0.629. The molecule has 1 amide bonds. The first-order chi connectivity index (χ1) is 15.6. The summed E-state index contributed by atoms with van der Waals surface area (Å²) in [5, 5.41) is 0. The predicted molar refractivity (Wildman–Crippen MR) is 117 cm³/mol. The van der Waals surface area contributed by atoms with Gasteiger partial charge in [-0.1, -0.05) is 6.42 Å². The Morgan fingerprint density at radius 1 is 1.09 bits per heavy atom. The van der Waals surface area contributed by atoms with Crippen LogP contribution in [-0.4, -0.2) is 85.4 Å². The molecule has 0 N–H and O–H groups in total. The summed E-state index contributed by atoms with van der Waals surface area (Å²) in [6.45, 7) is 5.00. The Hall–Kier alpha value is -2.39. The number of ether oxygens (including phenoxy) is 3. The van der Waals surface area contributed by atoms with Crippen molar-refractivity contribution in [3.63, 3.8) is 0 Å². The second-order valence-corrected chi connectivity index (χ2v) is 8.64. The highest BCUT2D eigenvalue weighted by molar-refractivity contribution is 5.93. The first-order valence-corrected chi connectivity index (χ1v) is 11.7. The van der Waals surface area contributed by atoms with Crippen LogP contribution in [0.3, 0.4) is 0 Å². The Bertz CT molecular complexity index is 886. The molecule has 176 valence electrons. The van der Waals surface area contributed by atoms with Gasteiger partial charge in [-0.2, -0.15) is 0 Å². The van der Waals surface area contributed by atoms with E-state index in [2.05, 4.69) is 4.90 Å². The van der Waals surface area contributed by atoms with E-state index in [1.165, 1.54) is 32.4 Å². The maximum absolute atomic E-state index is 12.9. The van der Waals surface area contributed by atoms with Crippen LogP contribution in [0.15, 0.2) is 10.9 Å². The van der Waals surface area contributed by atoms with Crippen LogP contribution >= 0.6 is 0 Å². The van der Waals surface area contributed by atoms with Crippen molar-refractivity contribution in [1.82, 2.24) is 14.4 Å². The maximum Gasteiger partial charge on any atom is 0.343 e. The smallest absolute Gasteiger partial charge is 0.343 e. The van der Waals surface area contributed by atoms with E-state index in [9.17, 15) is 14.4 Å². The van der Waals surface area contributed by atoms with Crippen LogP contribution < -0.4 is 10.3 Å². The van der Waals surface area contributed by atoms with Gasteiger partial charge in [0.2, 0.25) is 0 Å². The number of fused-ring (bicyclic) bond motifs is 1. The Kier molecular flexibility index (Phi) is 7.47. The van der Waals surface area contributed by atoms with Gasteiger partial charge in [0.1, 0.15) is 24.0 Å². The van der Waals surface area contributed by atoms with Crippen molar-refractivity contribution in [2.24, 2.45) is 0 Å². The van der Waals surface area contributed by atoms with E-state index in [1.54, 1.807) is 9.47 Å². The molecule has 3 aliphatic heterocycles. The van der Waals surface area contributed by atoms with Gasteiger partial charge in [0.15, 0.2) is 0 Å². The number of carbonyl (C=O) groups excluding carboxylic acids is 2. The third kappa shape index (κ3) is 4.99. The summed E-state index contributed by atoms with van der Waals surface area (Å²) in [5.74, 6) is -0.300. The van der Waals surface area contributed by atoms with Crippen LogP contribution in [0.5, 0.6) is 5.75 Å². The number of hydrogen-bond acceptors (Lipinski definition) is 7. The number of nitrogens with zero attached hydrogens (tertiary/aromatic N) is 3. The summed E-state index contributed by atoms with van der Waals surface area (Å²) < 4.78 is 18.1. The minimum absolute atomic E-state index is 0.0408. The van der Waals surface area contributed by atoms with Crippen molar-refractivity contribution in [1.29, 1.82) is 0 Å². The highest BCUT2D eigenvalue weighted by Gasteiger charge is 2.31. The number of hydrogen-bond donors (Lipinski definition) is 0. The first-order valence-electron chi connectivity index (χ1n) is 11.7. The fraction of sp³-hybridized carbons (Fsp3) is 0.696. The van der Waals surface area contributed by atoms with Gasteiger partial charge in [0.25, 0.3) is 11.5 Å². The molecule has 0 unspecified atom stereocenters. The second-order valence-electron chi connectivity index (χ2n) is 8.64. The molecule has 0 spiro atoms. The third-order valence-electron chi connectivity index (χ3n) is 6.61. The van der Waals surface area contributed by atoms with Gasteiger partial charge in [-0.15, -0.1) is 0 Å². The van der Waals surface area contributed by atoms with E-state index in [4.69, 9.17) is 14.2 Å². The van der Waals surface area contributed by atoms with Crippen molar-refractivity contribution >= 4 is 11.9 Å². The number of methoxy groups -OCH3 is 1. The summed E-state index contributed by atoms with van der Waals surface area (Å²) >= 11 is 0. The topological polar surface area (TPSA) is 90.3 Å². The number of pyridine rings is 1. The van der Waals surface area contributed by atoms with Gasteiger partial charge in [-0.3, -0.25) is 14.5 Å². The van der Waals surface area contributed by atoms with Crippen molar-refractivity contribution in [3.05, 3.63) is 27.7 Å².